The van der Waals surface area contributed by atoms with Crippen molar-refractivity contribution < 1.29 is 18.9 Å². The highest BCUT2D eigenvalue weighted by molar-refractivity contribution is 5.79. The second kappa shape index (κ2) is 10.6. The first-order valence-electron chi connectivity index (χ1n) is 9.98. The topological polar surface area (TPSA) is 86.2 Å². The number of rotatable bonds is 10. The molecule has 0 saturated heterocycles. The zero-order chi connectivity index (χ0) is 21.3. The molecule has 1 fully saturated rings. The van der Waals surface area contributed by atoms with Crippen LogP contribution in [0, 0.1) is 5.92 Å². The molecule has 1 aliphatic carbocycles. The highest BCUT2D eigenvalue weighted by Gasteiger charge is 2.22. The predicted molar refractivity (Wildman–Crippen MR) is 116 cm³/mol. The van der Waals surface area contributed by atoms with Gasteiger partial charge in [-0.25, -0.2) is 4.98 Å². The van der Waals surface area contributed by atoms with Gasteiger partial charge in [-0.05, 0) is 42.0 Å². The zero-order valence-electron chi connectivity index (χ0n) is 18.0. The molecule has 0 atom stereocenters. The summed E-state index contributed by atoms with van der Waals surface area (Å²) in [7, 11) is 6.53. The summed E-state index contributed by atoms with van der Waals surface area (Å²) in [4.78, 5) is 8.64. The number of ether oxygens (including phenoxy) is 4. The SMILES string of the molecule is CN=C(NCc1ccc(OCC2CC2)nc1)NCc1cc(OC)c(OC)c(OC)c1. The Kier molecular flexibility index (Phi) is 7.59. The molecule has 0 bridgehead atoms. The minimum Gasteiger partial charge on any atom is -0.493 e. The van der Waals surface area contributed by atoms with Gasteiger partial charge >= 0.3 is 0 Å². The Balaban J connectivity index is 1.52. The van der Waals surface area contributed by atoms with Crippen LogP contribution < -0.4 is 29.6 Å². The molecule has 0 spiro atoms. The Morgan fingerprint density at radius 1 is 1.00 bits per heavy atom. The summed E-state index contributed by atoms with van der Waals surface area (Å²) in [5, 5.41) is 6.58. The van der Waals surface area contributed by atoms with Crippen molar-refractivity contribution in [1.29, 1.82) is 0 Å². The largest absolute Gasteiger partial charge is 0.493 e. The van der Waals surface area contributed by atoms with Gasteiger partial charge in [-0.15, -0.1) is 0 Å². The lowest BCUT2D eigenvalue weighted by molar-refractivity contribution is 0.288. The molecule has 1 heterocycles. The summed E-state index contributed by atoms with van der Waals surface area (Å²) in [5.41, 5.74) is 2.02. The van der Waals surface area contributed by atoms with Crippen LogP contribution in [0.4, 0.5) is 0 Å². The molecule has 2 aromatic rings. The predicted octanol–water partition coefficient (Wildman–Crippen LogP) is 2.76. The van der Waals surface area contributed by atoms with E-state index < -0.39 is 0 Å². The van der Waals surface area contributed by atoms with Gasteiger partial charge in [0.25, 0.3) is 0 Å². The Morgan fingerprint density at radius 2 is 1.67 bits per heavy atom. The number of nitrogens with one attached hydrogen (secondary N) is 2. The number of pyridine rings is 1. The fourth-order valence-electron chi connectivity index (χ4n) is 2.92. The maximum absolute atomic E-state index is 5.68. The summed E-state index contributed by atoms with van der Waals surface area (Å²) in [6, 6.07) is 7.73. The fourth-order valence-corrected chi connectivity index (χ4v) is 2.92. The summed E-state index contributed by atoms with van der Waals surface area (Å²) in [6.45, 7) is 1.91. The number of nitrogens with zero attached hydrogens (tertiary/aromatic N) is 2. The lowest BCUT2D eigenvalue weighted by Crippen LogP contribution is -2.36. The van der Waals surface area contributed by atoms with E-state index in [1.165, 1.54) is 12.8 Å². The quantitative estimate of drug-likeness (QED) is 0.457. The maximum atomic E-state index is 5.68. The van der Waals surface area contributed by atoms with E-state index >= 15 is 0 Å². The number of guanidine groups is 1. The molecule has 8 nitrogen and oxygen atoms in total. The highest BCUT2D eigenvalue weighted by Crippen LogP contribution is 2.38. The van der Waals surface area contributed by atoms with Crippen molar-refractivity contribution in [3.63, 3.8) is 0 Å². The maximum Gasteiger partial charge on any atom is 0.213 e. The molecule has 162 valence electrons. The van der Waals surface area contributed by atoms with Gasteiger partial charge in [-0.1, -0.05) is 6.07 Å². The summed E-state index contributed by atoms with van der Waals surface area (Å²) in [6.07, 6.45) is 4.36. The average molecular weight is 415 g/mol. The van der Waals surface area contributed by atoms with Crippen LogP contribution >= 0.6 is 0 Å². The number of hydrogen-bond acceptors (Lipinski definition) is 6. The van der Waals surface area contributed by atoms with Crippen molar-refractivity contribution in [3.8, 4) is 23.1 Å². The van der Waals surface area contributed by atoms with Crippen molar-refractivity contribution in [2.75, 3.05) is 35.0 Å². The minimum absolute atomic E-state index is 0.544. The van der Waals surface area contributed by atoms with Crippen LogP contribution in [-0.4, -0.2) is 45.9 Å². The number of methoxy groups -OCH3 is 3. The fraction of sp³-hybridized carbons (Fsp3) is 0.455. The number of aromatic nitrogens is 1. The molecule has 1 saturated carbocycles. The third-order valence-electron chi connectivity index (χ3n) is 4.83. The van der Waals surface area contributed by atoms with Crippen molar-refractivity contribution in [2.24, 2.45) is 10.9 Å². The van der Waals surface area contributed by atoms with E-state index in [2.05, 4.69) is 20.6 Å². The molecule has 8 heteroatoms. The van der Waals surface area contributed by atoms with Gasteiger partial charge in [0, 0.05) is 32.4 Å². The standard InChI is InChI=1S/C22H30N4O4/c1-23-22(25-12-16-7-8-20(24-11-16)30-14-15-5-6-15)26-13-17-9-18(27-2)21(29-4)19(10-17)28-3/h7-11,15H,5-6,12-14H2,1-4H3,(H2,23,25,26). The van der Waals surface area contributed by atoms with Crippen molar-refractivity contribution in [3.05, 3.63) is 41.6 Å². The van der Waals surface area contributed by atoms with Gasteiger partial charge in [0.1, 0.15) is 0 Å². The van der Waals surface area contributed by atoms with Crippen molar-refractivity contribution in [1.82, 2.24) is 15.6 Å². The van der Waals surface area contributed by atoms with Gasteiger partial charge in [0.2, 0.25) is 11.6 Å². The van der Waals surface area contributed by atoms with Gasteiger partial charge in [-0.2, -0.15) is 0 Å². The Bertz CT molecular complexity index is 826. The molecule has 0 aliphatic heterocycles. The second-order valence-electron chi connectivity index (χ2n) is 7.07. The van der Waals surface area contributed by atoms with Crippen LogP contribution in [0.15, 0.2) is 35.5 Å². The van der Waals surface area contributed by atoms with Crippen LogP contribution in [0.1, 0.15) is 24.0 Å². The van der Waals surface area contributed by atoms with E-state index in [1.54, 1.807) is 28.4 Å². The molecule has 1 aromatic heterocycles. The van der Waals surface area contributed by atoms with Gasteiger partial charge in [0.05, 0.1) is 27.9 Å². The van der Waals surface area contributed by atoms with E-state index in [4.69, 9.17) is 18.9 Å². The summed E-state index contributed by atoms with van der Waals surface area (Å²) < 4.78 is 21.9. The minimum atomic E-state index is 0.544. The first-order chi connectivity index (χ1) is 14.7. The molecule has 1 aromatic carbocycles. The third kappa shape index (κ3) is 5.92. The van der Waals surface area contributed by atoms with Crippen LogP contribution in [0.5, 0.6) is 23.1 Å². The van der Waals surface area contributed by atoms with Crippen LogP contribution in [0.2, 0.25) is 0 Å². The monoisotopic (exact) mass is 414 g/mol. The lowest BCUT2D eigenvalue weighted by atomic mass is 10.2. The van der Waals surface area contributed by atoms with Crippen molar-refractivity contribution >= 4 is 5.96 Å². The second-order valence-corrected chi connectivity index (χ2v) is 7.07. The van der Waals surface area contributed by atoms with Gasteiger partial charge < -0.3 is 29.6 Å². The van der Waals surface area contributed by atoms with Crippen molar-refractivity contribution in [2.45, 2.75) is 25.9 Å². The van der Waals surface area contributed by atoms with E-state index in [9.17, 15) is 0 Å². The Morgan fingerprint density at radius 3 is 2.17 bits per heavy atom. The molecule has 0 amide bonds. The van der Waals surface area contributed by atoms with E-state index in [0.29, 0.717) is 48.1 Å². The average Bonchev–Trinajstić information content (AvgIpc) is 3.62. The van der Waals surface area contributed by atoms with Gasteiger partial charge in [-0.3, -0.25) is 4.99 Å². The van der Waals surface area contributed by atoms with Crippen LogP contribution in [0.3, 0.4) is 0 Å². The normalized spacial score (nSPS) is 13.5. The van der Waals surface area contributed by atoms with Crippen LogP contribution in [-0.2, 0) is 13.1 Å². The lowest BCUT2D eigenvalue weighted by Gasteiger charge is -2.16. The molecule has 0 unspecified atom stereocenters. The zero-order valence-corrected chi connectivity index (χ0v) is 18.0. The first-order valence-corrected chi connectivity index (χ1v) is 9.98. The van der Waals surface area contributed by atoms with E-state index in [0.717, 1.165) is 17.7 Å². The number of benzene rings is 1. The number of hydrogen-bond donors (Lipinski definition) is 2. The Hall–Kier alpha value is -3.16. The number of aliphatic imine (C=N–C) groups is 1. The first kappa shape index (κ1) is 21.5. The molecule has 1 aliphatic rings. The van der Waals surface area contributed by atoms with Crippen LogP contribution in [0.25, 0.3) is 0 Å². The summed E-state index contributed by atoms with van der Waals surface area (Å²) in [5.74, 6) is 3.88. The Labute approximate surface area is 177 Å². The smallest absolute Gasteiger partial charge is 0.213 e. The molecule has 30 heavy (non-hydrogen) atoms. The molecule has 2 N–H and O–H groups in total. The summed E-state index contributed by atoms with van der Waals surface area (Å²) >= 11 is 0. The molecule has 0 radical (unpaired) electrons. The van der Waals surface area contributed by atoms with E-state index in [-0.39, 0.29) is 0 Å². The molecular weight excluding hydrogens is 384 g/mol. The molecule has 3 rings (SSSR count). The third-order valence-corrected chi connectivity index (χ3v) is 4.83. The molecular formula is C22H30N4O4. The van der Waals surface area contributed by atoms with Gasteiger partial charge in [0.15, 0.2) is 17.5 Å². The highest BCUT2D eigenvalue weighted by atomic mass is 16.5. The van der Waals surface area contributed by atoms with E-state index in [1.807, 2.05) is 30.5 Å².